The minimum Gasteiger partial charge on any atom is -0.381 e. The van der Waals surface area contributed by atoms with Gasteiger partial charge in [-0.05, 0) is 32.2 Å². The molecule has 1 N–H and O–H groups in total. The molecule has 3 nitrogen and oxygen atoms in total. The summed E-state index contributed by atoms with van der Waals surface area (Å²) in [6, 6.07) is 1.48. The third-order valence-corrected chi connectivity index (χ3v) is 4.75. The number of hydrogen-bond acceptors (Lipinski definition) is 3. The molecule has 2 atom stereocenters. The van der Waals surface area contributed by atoms with Crippen LogP contribution in [0.5, 0.6) is 0 Å². The van der Waals surface area contributed by atoms with E-state index in [1.54, 1.807) is 0 Å². The lowest BCUT2D eigenvalue weighted by Gasteiger charge is -2.38. The minimum atomic E-state index is 0.643. The topological polar surface area (TPSA) is 24.5 Å². The van der Waals surface area contributed by atoms with Crippen LogP contribution in [0, 0.1) is 11.8 Å². The van der Waals surface area contributed by atoms with Crippen LogP contribution in [0.1, 0.15) is 46.0 Å². The molecule has 112 valence electrons. The van der Waals surface area contributed by atoms with Gasteiger partial charge in [0.15, 0.2) is 0 Å². The molecule has 0 aromatic carbocycles. The number of hydrogen-bond donors (Lipinski definition) is 1. The van der Waals surface area contributed by atoms with Crippen molar-refractivity contribution in [2.24, 2.45) is 11.8 Å². The Morgan fingerprint density at radius 3 is 2.58 bits per heavy atom. The monoisotopic (exact) mass is 268 g/mol. The minimum absolute atomic E-state index is 0.643. The Bertz CT molecular complexity index is 251. The molecular weight excluding hydrogens is 236 g/mol. The zero-order valence-electron chi connectivity index (χ0n) is 13.0. The van der Waals surface area contributed by atoms with E-state index >= 15 is 0 Å². The van der Waals surface area contributed by atoms with E-state index in [1.807, 2.05) is 0 Å². The second-order valence-electron chi connectivity index (χ2n) is 6.80. The van der Waals surface area contributed by atoms with E-state index in [2.05, 4.69) is 31.1 Å². The van der Waals surface area contributed by atoms with E-state index in [4.69, 9.17) is 4.74 Å². The fraction of sp³-hybridized carbons (Fsp3) is 1.00. The van der Waals surface area contributed by atoms with Gasteiger partial charge in [-0.1, -0.05) is 26.7 Å². The van der Waals surface area contributed by atoms with E-state index < -0.39 is 0 Å². The van der Waals surface area contributed by atoms with E-state index in [-0.39, 0.29) is 0 Å². The molecule has 0 aromatic heterocycles. The Hall–Kier alpha value is -0.120. The first-order valence-electron chi connectivity index (χ1n) is 8.19. The standard InChI is InChI=1S/C16H32N2O/c1-13(2)10-18(15-6-4-5-7-15)11-14-12-19-9-8-16(14)17-3/h13-17H,4-12H2,1-3H3. The highest BCUT2D eigenvalue weighted by Gasteiger charge is 2.30. The average Bonchev–Trinajstić information content (AvgIpc) is 2.92. The lowest BCUT2D eigenvalue weighted by Crippen LogP contribution is -2.49. The van der Waals surface area contributed by atoms with Gasteiger partial charge in [0.05, 0.1) is 6.61 Å². The maximum atomic E-state index is 5.72. The van der Waals surface area contributed by atoms with Crippen molar-refractivity contribution in [2.45, 2.75) is 58.0 Å². The van der Waals surface area contributed by atoms with Crippen molar-refractivity contribution in [1.29, 1.82) is 0 Å². The molecule has 2 fully saturated rings. The van der Waals surface area contributed by atoms with Crippen molar-refractivity contribution in [3.63, 3.8) is 0 Å². The van der Waals surface area contributed by atoms with Gasteiger partial charge in [-0.25, -0.2) is 0 Å². The smallest absolute Gasteiger partial charge is 0.0521 e. The zero-order chi connectivity index (χ0) is 13.7. The van der Waals surface area contributed by atoms with Crippen LogP contribution in [0.25, 0.3) is 0 Å². The number of rotatable bonds is 6. The molecule has 0 radical (unpaired) electrons. The Morgan fingerprint density at radius 1 is 1.21 bits per heavy atom. The first-order chi connectivity index (χ1) is 9.20. The highest BCUT2D eigenvalue weighted by molar-refractivity contribution is 4.85. The fourth-order valence-corrected chi connectivity index (χ4v) is 3.77. The van der Waals surface area contributed by atoms with Crippen LogP contribution in [-0.4, -0.2) is 50.3 Å². The van der Waals surface area contributed by atoms with Crippen molar-refractivity contribution in [1.82, 2.24) is 10.2 Å². The van der Waals surface area contributed by atoms with Crippen LogP contribution < -0.4 is 5.32 Å². The molecule has 1 aliphatic heterocycles. The summed E-state index contributed by atoms with van der Waals surface area (Å²) in [4.78, 5) is 2.77. The van der Waals surface area contributed by atoms with Crippen LogP contribution in [-0.2, 0) is 4.74 Å². The molecule has 0 spiro atoms. The van der Waals surface area contributed by atoms with Gasteiger partial charge in [-0.2, -0.15) is 0 Å². The van der Waals surface area contributed by atoms with Gasteiger partial charge < -0.3 is 10.1 Å². The SMILES string of the molecule is CNC1CCOCC1CN(CC(C)C)C1CCCC1. The molecule has 2 rings (SSSR count). The van der Waals surface area contributed by atoms with Crippen LogP contribution >= 0.6 is 0 Å². The summed E-state index contributed by atoms with van der Waals surface area (Å²) < 4.78 is 5.72. The molecule has 19 heavy (non-hydrogen) atoms. The summed E-state index contributed by atoms with van der Waals surface area (Å²) in [5.41, 5.74) is 0. The summed E-state index contributed by atoms with van der Waals surface area (Å²) >= 11 is 0. The quantitative estimate of drug-likeness (QED) is 0.801. The van der Waals surface area contributed by atoms with Gasteiger partial charge >= 0.3 is 0 Å². The fourth-order valence-electron chi connectivity index (χ4n) is 3.77. The Balaban J connectivity index is 1.93. The predicted molar refractivity (Wildman–Crippen MR) is 80.4 cm³/mol. The second kappa shape index (κ2) is 7.61. The van der Waals surface area contributed by atoms with Crippen molar-refractivity contribution < 1.29 is 4.74 Å². The maximum Gasteiger partial charge on any atom is 0.0521 e. The Morgan fingerprint density at radius 2 is 1.95 bits per heavy atom. The van der Waals surface area contributed by atoms with Crippen LogP contribution in [0.4, 0.5) is 0 Å². The van der Waals surface area contributed by atoms with Gasteiger partial charge in [0.1, 0.15) is 0 Å². The Kier molecular flexibility index (Phi) is 6.11. The van der Waals surface area contributed by atoms with Gasteiger partial charge in [0.2, 0.25) is 0 Å². The van der Waals surface area contributed by atoms with Crippen LogP contribution in [0.2, 0.25) is 0 Å². The zero-order valence-corrected chi connectivity index (χ0v) is 13.0. The lowest BCUT2D eigenvalue weighted by molar-refractivity contribution is 0.00984. The second-order valence-corrected chi connectivity index (χ2v) is 6.80. The average molecular weight is 268 g/mol. The van der Waals surface area contributed by atoms with Crippen LogP contribution in [0.15, 0.2) is 0 Å². The summed E-state index contributed by atoms with van der Waals surface area (Å²) in [6.45, 7) is 9.01. The third-order valence-electron chi connectivity index (χ3n) is 4.75. The predicted octanol–water partition coefficient (Wildman–Crippen LogP) is 2.51. The molecule has 0 bridgehead atoms. The van der Waals surface area contributed by atoms with Crippen LogP contribution in [0.3, 0.4) is 0 Å². The van der Waals surface area contributed by atoms with E-state index in [0.29, 0.717) is 12.0 Å². The third kappa shape index (κ3) is 4.44. The molecule has 2 aliphatic rings. The van der Waals surface area contributed by atoms with Crippen molar-refractivity contribution in [3.8, 4) is 0 Å². The largest absolute Gasteiger partial charge is 0.381 e. The normalized spacial score (nSPS) is 29.5. The summed E-state index contributed by atoms with van der Waals surface area (Å²) in [7, 11) is 2.10. The summed E-state index contributed by atoms with van der Waals surface area (Å²) in [5, 5.41) is 3.50. The molecule has 0 amide bonds. The van der Waals surface area contributed by atoms with E-state index in [0.717, 1.165) is 25.2 Å². The molecule has 3 heteroatoms. The van der Waals surface area contributed by atoms with Crippen molar-refractivity contribution >= 4 is 0 Å². The molecule has 1 heterocycles. The molecule has 1 aliphatic carbocycles. The van der Waals surface area contributed by atoms with Gasteiger partial charge in [0.25, 0.3) is 0 Å². The maximum absolute atomic E-state index is 5.72. The first kappa shape index (κ1) is 15.3. The number of nitrogens with zero attached hydrogens (tertiary/aromatic N) is 1. The number of ether oxygens (including phenoxy) is 1. The molecular formula is C16H32N2O. The van der Waals surface area contributed by atoms with Gasteiger partial charge in [0, 0.05) is 37.7 Å². The Labute approximate surface area is 119 Å². The van der Waals surface area contributed by atoms with E-state index in [1.165, 1.54) is 45.2 Å². The highest BCUT2D eigenvalue weighted by Crippen LogP contribution is 2.26. The van der Waals surface area contributed by atoms with Gasteiger partial charge in [-0.3, -0.25) is 4.90 Å². The molecule has 1 saturated heterocycles. The first-order valence-corrected chi connectivity index (χ1v) is 8.19. The van der Waals surface area contributed by atoms with E-state index in [9.17, 15) is 0 Å². The molecule has 1 saturated carbocycles. The highest BCUT2D eigenvalue weighted by atomic mass is 16.5. The summed E-state index contributed by atoms with van der Waals surface area (Å²) in [6.07, 6.45) is 6.84. The van der Waals surface area contributed by atoms with Crippen molar-refractivity contribution in [2.75, 3.05) is 33.4 Å². The summed E-state index contributed by atoms with van der Waals surface area (Å²) in [5.74, 6) is 1.43. The molecule has 2 unspecified atom stereocenters. The van der Waals surface area contributed by atoms with Gasteiger partial charge in [-0.15, -0.1) is 0 Å². The van der Waals surface area contributed by atoms with Crippen molar-refractivity contribution in [3.05, 3.63) is 0 Å². The number of nitrogens with one attached hydrogen (secondary N) is 1. The molecule has 0 aromatic rings. The lowest BCUT2D eigenvalue weighted by atomic mass is 9.94.